The maximum atomic E-state index is 13.8. The molecule has 5 aromatic rings. The number of aryl methyl sites for hydroxylation is 1. The summed E-state index contributed by atoms with van der Waals surface area (Å²) in [6.07, 6.45) is 10.5. The van der Waals surface area contributed by atoms with E-state index in [0.29, 0.717) is 46.1 Å². The van der Waals surface area contributed by atoms with Gasteiger partial charge in [0.25, 0.3) is 11.1 Å². The van der Waals surface area contributed by atoms with Crippen molar-refractivity contribution in [2.24, 2.45) is 12.5 Å². The van der Waals surface area contributed by atoms with E-state index in [1.807, 2.05) is 28.8 Å². The van der Waals surface area contributed by atoms with Gasteiger partial charge < -0.3 is 24.3 Å². The van der Waals surface area contributed by atoms with E-state index in [1.54, 1.807) is 44.0 Å². The summed E-state index contributed by atoms with van der Waals surface area (Å²) in [5.41, 5.74) is 5.75. The van der Waals surface area contributed by atoms with Gasteiger partial charge in [-0.25, -0.2) is 9.97 Å². The lowest BCUT2D eigenvalue weighted by molar-refractivity contribution is 0.253. The van der Waals surface area contributed by atoms with Gasteiger partial charge in [0, 0.05) is 74.3 Å². The van der Waals surface area contributed by atoms with E-state index in [1.165, 1.54) is 20.4 Å². The second-order valence-corrected chi connectivity index (χ2v) is 13.7. The van der Waals surface area contributed by atoms with Crippen LogP contribution in [0.3, 0.4) is 0 Å². The Hall–Kier alpha value is -5.25. The van der Waals surface area contributed by atoms with Crippen LogP contribution in [0.1, 0.15) is 37.6 Å². The zero-order valence-corrected chi connectivity index (χ0v) is 27.6. The SMILES string of the molecule is C[C@H]1CN(CC#N)CCN1c1ccc(Nc2cc(-c3ccnc(-n4ccn5c6c(cc5c4=O)CC(C)(C)C6)c3CO)cn(C)c2=O)nc1. The number of pyridine rings is 3. The van der Waals surface area contributed by atoms with E-state index in [-0.39, 0.29) is 29.2 Å². The Morgan fingerprint density at radius 1 is 1.08 bits per heavy atom. The van der Waals surface area contributed by atoms with E-state index in [4.69, 9.17) is 5.26 Å². The molecule has 246 valence electrons. The second-order valence-electron chi connectivity index (χ2n) is 13.7. The monoisotopic (exact) mass is 645 g/mol. The number of nitriles is 1. The highest BCUT2D eigenvalue weighted by Gasteiger charge is 2.32. The van der Waals surface area contributed by atoms with Gasteiger partial charge in [-0.1, -0.05) is 13.8 Å². The topological polar surface area (TPSA) is 137 Å². The van der Waals surface area contributed by atoms with Gasteiger partial charge in [0.15, 0.2) is 0 Å². The number of hydrogen-bond donors (Lipinski definition) is 2. The quantitative estimate of drug-likeness (QED) is 0.254. The molecule has 1 fully saturated rings. The molecule has 6 heterocycles. The van der Waals surface area contributed by atoms with Crippen LogP contribution in [-0.2, 0) is 26.5 Å². The second kappa shape index (κ2) is 12.1. The summed E-state index contributed by atoms with van der Waals surface area (Å²) in [4.78, 5) is 40.6. The number of nitrogens with zero attached hydrogens (tertiary/aromatic N) is 8. The van der Waals surface area contributed by atoms with Crippen molar-refractivity contribution in [1.82, 2.24) is 28.4 Å². The third-order valence-electron chi connectivity index (χ3n) is 9.61. The molecule has 12 heteroatoms. The van der Waals surface area contributed by atoms with Gasteiger partial charge in [-0.3, -0.25) is 19.1 Å². The maximum Gasteiger partial charge on any atom is 0.280 e. The van der Waals surface area contributed by atoms with E-state index < -0.39 is 0 Å². The molecule has 5 aromatic heterocycles. The first kappa shape index (κ1) is 31.4. The Bertz CT molecular complexity index is 2190. The summed E-state index contributed by atoms with van der Waals surface area (Å²) in [7, 11) is 1.67. The van der Waals surface area contributed by atoms with Crippen molar-refractivity contribution in [2.75, 3.05) is 36.4 Å². The Balaban J connectivity index is 1.19. The largest absolute Gasteiger partial charge is 0.392 e. The summed E-state index contributed by atoms with van der Waals surface area (Å²) in [5, 5.41) is 22.8. The lowest BCUT2D eigenvalue weighted by atomic mass is 9.90. The third kappa shape index (κ3) is 5.55. The summed E-state index contributed by atoms with van der Waals surface area (Å²) in [5.74, 6) is 0.858. The zero-order chi connectivity index (χ0) is 33.7. The van der Waals surface area contributed by atoms with Gasteiger partial charge in [-0.15, -0.1) is 0 Å². The van der Waals surface area contributed by atoms with Crippen LogP contribution in [0, 0.1) is 16.7 Å². The normalized spacial score (nSPS) is 17.4. The predicted octanol–water partition coefficient (Wildman–Crippen LogP) is 3.64. The van der Waals surface area contributed by atoms with Crippen LogP contribution in [0.5, 0.6) is 0 Å². The first-order valence-electron chi connectivity index (χ1n) is 16.2. The number of anilines is 3. The number of piperazine rings is 1. The van der Waals surface area contributed by atoms with Crippen LogP contribution in [0.15, 0.2) is 70.9 Å². The zero-order valence-electron chi connectivity index (χ0n) is 27.6. The van der Waals surface area contributed by atoms with E-state index in [9.17, 15) is 14.7 Å². The van der Waals surface area contributed by atoms with Crippen molar-refractivity contribution in [3.05, 3.63) is 98.8 Å². The fourth-order valence-corrected chi connectivity index (χ4v) is 7.32. The van der Waals surface area contributed by atoms with Gasteiger partial charge in [0.05, 0.1) is 31.1 Å². The van der Waals surface area contributed by atoms with Crippen LogP contribution in [0.2, 0.25) is 0 Å². The maximum absolute atomic E-state index is 13.8. The van der Waals surface area contributed by atoms with Crippen molar-refractivity contribution < 1.29 is 5.11 Å². The summed E-state index contributed by atoms with van der Waals surface area (Å²) in [6, 6.07) is 11.8. The number of aliphatic hydroxyl groups is 1. The molecule has 48 heavy (non-hydrogen) atoms. The molecule has 0 radical (unpaired) electrons. The molecule has 1 aliphatic carbocycles. The van der Waals surface area contributed by atoms with Gasteiger partial charge >= 0.3 is 0 Å². The standard InChI is InChI=1S/C36H39N9O3/c1-23-20-42(10-8-37)11-12-43(23)26-5-6-32(39-19-26)40-29-15-25(21-41(4)34(29)47)27-7-9-38-33(28(27)22-46)45-14-13-44-30(35(45)48)16-24-17-36(2,3)18-31(24)44/h5-7,9,13-16,19,21,23,46H,10-12,17-18,20,22H2,1-4H3,(H,39,40)/t23-/m0/s1. The fraction of sp³-hybridized carbons (Fsp3) is 0.361. The smallest absolute Gasteiger partial charge is 0.280 e. The molecule has 12 nitrogen and oxygen atoms in total. The molecule has 1 saturated heterocycles. The van der Waals surface area contributed by atoms with Crippen LogP contribution >= 0.6 is 0 Å². The van der Waals surface area contributed by atoms with Crippen molar-refractivity contribution >= 4 is 22.7 Å². The van der Waals surface area contributed by atoms with E-state index in [0.717, 1.165) is 38.2 Å². The van der Waals surface area contributed by atoms with Gasteiger partial charge in [0.1, 0.15) is 22.8 Å². The molecule has 0 saturated carbocycles. The Morgan fingerprint density at radius 3 is 2.65 bits per heavy atom. The minimum atomic E-state index is -0.361. The molecule has 2 aliphatic rings. The lowest BCUT2D eigenvalue weighted by Gasteiger charge is -2.40. The average Bonchev–Trinajstić information content (AvgIpc) is 3.56. The number of aromatic nitrogens is 5. The third-order valence-corrected chi connectivity index (χ3v) is 9.61. The van der Waals surface area contributed by atoms with Crippen LogP contribution in [-0.4, -0.2) is 65.7 Å². The first-order valence-corrected chi connectivity index (χ1v) is 16.2. The minimum absolute atomic E-state index is 0.165. The number of fused-ring (bicyclic) bond motifs is 3. The summed E-state index contributed by atoms with van der Waals surface area (Å²) >= 11 is 0. The number of nitrogens with one attached hydrogen (secondary N) is 1. The van der Waals surface area contributed by atoms with Crippen molar-refractivity contribution in [2.45, 2.75) is 46.3 Å². The van der Waals surface area contributed by atoms with E-state index in [2.05, 4.69) is 51.9 Å². The Kier molecular flexibility index (Phi) is 7.89. The molecular formula is C36H39N9O3. The molecule has 7 rings (SSSR count). The number of aliphatic hydroxyl groups excluding tert-OH is 1. The Morgan fingerprint density at radius 2 is 1.92 bits per heavy atom. The van der Waals surface area contributed by atoms with Crippen LogP contribution in [0.4, 0.5) is 17.2 Å². The first-order chi connectivity index (χ1) is 23.1. The number of hydrogen-bond acceptors (Lipinski definition) is 9. The summed E-state index contributed by atoms with van der Waals surface area (Å²) < 4.78 is 4.95. The highest BCUT2D eigenvalue weighted by atomic mass is 16.3. The van der Waals surface area contributed by atoms with E-state index >= 15 is 0 Å². The fourth-order valence-electron chi connectivity index (χ4n) is 7.32. The molecule has 2 N–H and O–H groups in total. The molecule has 1 aliphatic heterocycles. The molecule has 1 atom stereocenters. The van der Waals surface area contributed by atoms with Gasteiger partial charge in [0.2, 0.25) is 0 Å². The molecule has 0 bridgehead atoms. The predicted molar refractivity (Wildman–Crippen MR) is 185 cm³/mol. The van der Waals surface area contributed by atoms with Gasteiger partial charge in [-0.05, 0) is 66.6 Å². The van der Waals surface area contributed by atoms with Gasteiger partial charge in [-0.2, -0.15) is 5.26 Å². The van der Waals surface area contributed by atoms with Crippen molar-refractivity contribution in [1.29, 1.82) is 5.26 Å². The molecule has 0 unspecified atom stereocenters. The minimum Gasteiger partial charge on any atom is -0.392 e. The Labute approximate surface area is 278 Å². The molecule has 0 spiro atoms. The molecule has 0 amide bonds. The highest BCUT2D eigenvalue weighted by Crippen LogP contribution is 2.37. The van der Waals surface area contributed by atoms with Crippen molar-refractivity contribution in [3.63, 3.8) is 0 Å². The average molecular weight is 646 g/mol. The lowest BCUT2D eigenvalue weighted by Crippen LogP contribution is -2.52. The van der Waals surface area contributed by atoms with Crippen LogP contribution < -0.4 is 21.3 Å². The van der Waals surface area contributed by atoms with Crippen LogP contribution in [0.25, 0.3) is 22.5 Å². The number of rotatable bonds is 7. The molecular weight excluding hydrogens is 606 g/mol. The summed E-state index contributed by atoms with van der Waals surface area (Å²) in [6.45, 7) is 9.09. The van der Waals surface area contributed by atoms with Crippen molar-refractivity contribution in [3.8, 4) is 23.0 Å². The molecule has 0 aromatic carbocycles. The highest BCUT2D eigenvalue weighted by molar-refractivity contribution is 5.73.